The van der Waals surface area contributed by atoms with Gasteiger partial charge in [-0.05, 0) is 72.9 Å². The standard InChI is InChI=1S/C32H37N3O4/c1-22(34(20-9-21-38-5)30(36)23-12-14-24(15-13-23)32(2,3)4)29-33-28-11-8-7-10-27(28)31(37)35(29)25-16-18-26(39-6)19-17-25/h7-8,10-19,22H,9,20-21H2,1-6H3. The molecule has 7 nitrogen and oxygen atoms in total. The first kappa shape index (κ1) is 28.0. The van der Waals surface area contributed by atoms with Gasteiger partial charge in [-0.2, -0.15) is 0 Å². The van der Waals surface area contributed by atoms with E-state index < -0.39 is 6.04 Å². The predicted octanol–water partition coefficient (Wildman–Crippen LogP) is 5.93. The Morgan fingerprint density at radius 1 is 0.974 bits per heavy atom. The molecule has 0 N–H and O–H groups in total. The van der Waals surface area contributed by atoms with Crippen molar-refractivity contribution in [2.75, 3.05) is 27.4 Å². The van der Waals surface area contributed by atoms with E-state index in [9.17, 15) is 9.59 Å². The number of para-hydroxylation sites is 1. The van der Waals surface area contributed by atoms with Crippen LogP contribution in [0.2, 0.25) is 0 Å². The van der Waals surface area contributed by atoms with Crippen LogP contribution in [-0.2, 0) is 10.2 Å². The highest BCUT2D eigenvalue weighted by molar-refractivity contribution is 5.94. The van der Waals surface area contributed by atoms with Crippen LogP contribution in [0, 0.1) is 0 Å². The molecule has 0 aliphatic rings. The average Bonchev–Trinajstić information content (AvgIpc) is 2.94. The van der Waals surface area contributed by atoms with Crippen LogP contribution in [0.25, 0.3) is 16.6 Å². The van der Waals surface area contributed by atoms with Crippen molar-refractivity contribution in [1.29, 1.82) is 0 Å². The molecule has 7 heteroatoms. The molecule has 1 aromatic heterocycles. The predicted molar refractivity (Wildman–Crippen MR) is 155 cm³/mol. The van der Waals surface area contributed by atoms with Crippen molar-refractivity contribution >= 4 is 16.8 Å². The summed E-state index contributed by atoms with van der Waals surface area (Å²) in [6.45, 7) is 9.31. The molecule has 1 amide bonds. The van der Waals surface area contributed by atoms with E-state index >= 15 is 0 Å². The highest BCUT2D eigenvalue weighted by Gasteiger charge is 2.28. The number of carbonyl (C=O) groups is 1. The summed E-state index contributed by atoms with van der Waals surface area (Å²) in [6, 6.07) is 21.8. The molecule has 4 rings (SSSR count). The van der Waals surface area contributed by atoms with Gasteiger partial charge in [0.05, 0.1) is 29.7 Å². The highest BCUT2D eigenvalue weighted by atomic mass is 16.5. The molecular formula is C32H37N3O4. The van der Waals surface area contributed by atoms with Crippen LogP contribution in [0.3, 0.4) is 0 Å². The molecule has 0 aliphatic heterocycles. The summed E-state index contributed by atoms with van der Waals surface area (Å²) in [6.07, 6.45) is 0.646. The fraction of sp³-hybridized carbons (Fsp3) is 0.344. The number of nitrogens with zero attached hydrogens (tertiary/aromatic N) is 3. The largest absolute Gasteiger partial charge is 0.497 e. The van der Waals surface area contributed by atoms with E-state index in [2.05, 4.69) is 20.8 Å². The number of hydrogen-bond acceptors (Lipinski definition) is 5. The minimum absolute atomic E-state index is 0.0174. The van der Waals surface area contributed by atoms with Gasteiger partial charge in [0.2, 0.25) is 0 Å². The summed E-state index contributed by atoms with van der Waals surface area (Å²) in [5.41, 5.74) is 2.78. The molecule has 1 atom stereocenters. The van der Waals surface area contributed by atoms with Crippen LogP contribution in [0.15, 0.2) is 77.6 Å². The van der Waals surface area contributed by atoms with E-state index in [1.807, 2.05) is 73.7 Å². The van der Waals surface area contributed by atoms with Gasteiger partial charge in [-0.25, -0.2) is 4.98 Å². The normalized spacial score (nSPS) is 12.4. The first-order chi connectivity index (χ1) is 18.7. The minimum Gasteiger partial charge on any atom is -0.497 e. The number of methoxy groups -OCH3 is 2. The van der Waals surface area contributed by atoms with Gasteiger partial charge in [-0.1, -0.05) is 45.0 Å². The quantitative estimate of drug-likeness (QED) is 0.252. The summed E-state index contributed by atoms with van der Waals surface area (Å²) in [5, 5.41) is 0.513. The number of carbonyl (C=O) groups excluding carboxylic acids is 1. The van der Waals surface area contributed by atoms with Gasteiger partial charge >= 0.3 is 0 Å². The summed E-state index contributed by atoms with van der Waals surface area (Å²) in [4.78, 5) is 34.5. The first-order valence-corrected chi connectivity index (χ1v) is 13.2. The summed E-state index contributed by atoms with van der Waals surface area (Å²) in [7, 11) is 3.25. The van der Waals surface area contributed by atoms with Crippen molar-refractivity contribution in [3.8, 4) is 11.4 Å². The fourth-order valence-corrected chi connectivity index (χ4v) is 4.68. The molecule has 0 radical (unpaired) electrons. The van der Waals surface area contributed by atoms with Crippen LogP contribution in [0.4, 0.5) is 0 Å². The number of rotatable bonds is 9. The molecule has 4 aromatic rings. The second kappa shape index (κ2) is 11.8. The van der Waals surface area contributed by atoms with Crippen LogP contribution >= 0.6 is 0 Å². The zero-order valence-electron chi connectivity index (χ0n) is 23.6. The molecule has 0 aliphatic carbocycles. The molecule has 0 bridgehead atoms. The second-order valence-electron chi connectivity index (χ2n) is 10.7. The molecule has 0 saturated carbocycles. The molecule has 0 spiro atoms. The number of amides is 1. The van der Waals surface area contributed by atoms with E-state index in [1.165, 1.54) is 0 Å². The maximum Gasteiger partial charge on any atom is 0.266 e. The Balaban J connectivity index is 1.83. The number of aromatic nitrogens is 2. The second-order valence-corrected chi connectivity index (χ2v) is 10.7. The number of ether oxygens (including phenoxy) is 2. The van der Waals surface area contributed by atoms with Gasteiger partial charge in [0.25, 0.3) is 11.5 Å². The molecule has 1 heterocycles. The van der Waals surface area contributed by atoms with Gasteiger partial charge in [0.15, 0.2) is 0 Å². The topological polar surface area (TPSA) is 73.7 Å². The van der Waals surface area contributed by atoms with Gasteiger partial charge in [0.1, 0.15) is 11.6 Å². The highest BCUT2D eigenvalue weighted by Crippen LogP contribution is 2.27. The van der Waals surface area contributed by atoms with E-state index in [-0.39, 0.29) is 16.9 Å². The zero-order chi connectivity index (χ0) is 28.2. The molecular weight excluding hydrogens is 490 g/mol. The number of fused-ring (bicyclic) bond motifs is 1. The molecule has 39 heavy (non-hydrogen) atoms. The fourth-order valence-electron chi connectivity index (χ4n) is 4.68. The van der Waals surface area contributed by atoms with Gasteiger partial charge in [-0.3, -0.25) is 14.2 Å². The Hall–Kier alpha value is -3.97. The molecule has 1 unspecified atom stereocenters. The Bertz CT molecular complexity index is 1490. The summed E-state index contributed by atoms with van der Waals surface area (Å²) < 4.78 is 12.2. The van der Waals surface area contributed by atoms with Crippen LogP contribution in [0.1, 0.15) is 61.9 Å². The maximum atomic E-state index is 13.9. The minimum atomic E-state index is -0.504. The zero-order valence-corrected chi connectivity index (χ0v) is 23.6. The first-order valence-electron chi connectivity index (χ1n) is 13.2. The summed E-state index contributed by atoms with van der Waals surface area (Å²) in [5.74, 6) is 1.05. The van der Waals surface area contributed by atoms with Crippen LogP contribution < -0.4 is 10.3 Å². The van der Waals surface area contributed by atoms with Crippen molar-refractivity contribution in [1.82, 2.24) is 14.5 Å². The lowest BCUT2D eigenvalue weighted by Gasteiger charge is -2.31. The van der Waals surface area contributed by atoms with E-state index in [4.69, 9.17) is 14.5 Å². The van der Waals surface area contributed by atoms with E-state index in [1.54, 1.807) is 29.8 Å². The van der Waals surface area contributed by atoms with Gasteiger partial charge in [0, 0.05) is 25.8 Å². The van der Waals surface area contributed by atoms with E-state index in [0.717, 1.165) is 5.56 Å². The lowest BCUT2D eigenvalue weighted by Crippen LogP contribution is -2.38. The van der Waals surface area contributed by atoms with Crippen molar-refractivity contribution in [2.24, 2.45) is 0 Å². The van der Waals surface area contributed by atoms with Crippen molar-refractivity contribution < 1.29 is 14.3 Å². The number of benzene rings is 3. The lowest BCUT2D eigenvalue weighted by molar-refractivity contribution is 0.0657. The molecule has 204 valence electrons. The monoisotopic (exact) mass is 527 g/mol. The summed E-state index contributed by atoms with van der Waals surface area (Å²) >= 11 is 0. The average molecular weight is 528 g/mol. The Morgan fingerprint density at radius 3 is 2.26 bits per heavy atom. The smallest absolute Gasteiger partial charge is 0.266 e. The Kier molecular flexibility index (Phi) is 8.51. The third-order valence-electron chi connectivity index (χ3n) is 6.98. The SMILES string of the molecule is COCCCN(C(=O)c1ccc(C(C)(C)C)cc1)C(C)c1nc2ccccc2c(=O)n1-c1ccc(OC)cc1. The molecule has 0 fully saturated rings. The van der Waals surface area contributed by atoms with Gasteiger partial charge < -0.3 is 14.4 Å². The Labute approximate surface area is 230 Å². The lowest BCUT2D eigenvalue weighted by atomic mass is 9.86. The number of hydrogen-bond donors (Lipinski definition) is 0. The molecule has 3 aromatic carbocycles. The third kappa shape index (κ3) is 6.04. The third-order valence-corrected chi connectivity index (χ3v) is 6.98. The van der Waals surface area contributed by atoms with Crippen molar-refractivity contribution in [3.05, 3.63) is 100 Å². The molecule has 0 saturated heterocycles. The van der Waals surface area contributed by atoms with Crippen molar-refractivity contribution in [2.45, 2.75) is 45.6 Å². The van der Waals surface area contributed by atoms with Crippen molar-refractivity contribution in [3.63, 3.8) is 0 Å². The van der Waals surface area contributed by atoms with Crippen LogP contribution in [-0.4, -0.2) is 47.7 Å². The Morgan fingerprint density at radius 2 is 1.64 bits per heavy atom. The van der Waals surface area contributed by atoms with E-state index in [0.29, 0.717) is 53.3 Å². The van der Waals surface area contributed by atoms with Crippen LogP contribution in [0.5, 0.6) is 5.75 Å². The van der Waals surface area contributed by atoms with Gasteiger partial charge in [-0.15, -0.1) is 0 Å². The maximum absolute atomic E-state index is 13.9.